The van der Waals surface area contributed by atoms with Crippen LogP contribution >= 0.6 is 0 Å². The molecule has 1 fully saturated rings. The lowest BCUT2D eigenvalue weighted by Crippen LogP contribution is -2.39. The number of sulfonamides is 1. The summed E-state index contributed by atoms with van der Waals surface area (Å²) >= 11 is 0. The van der Waals surface area contributed by atoms with Gasteiger partial charge in [-0.1, -0.05) is 0 Å². The van der Waals surface area contributed by atoms with Crippen molar-refractivity contribution in [3.8, 4) is 5.75 Å². The van der Waals surface area contributed by atoms with Gasteiger partial charge in [-0.3, -0.25) is 4.79 Å². The molecule has 1 heterocycles. The maximum atomic E-state index is 12.2. The van der Waals surface area contributed by atoms with Crippen LogP contribution in [-0.2, 0) is 14.8 Å². The van der Waals surface area contributed by atoms with Crippen LogP contribution in [0, 0.1) is 0 Å². The minimum atomic E-state index is -3.97. The van der Waals surface area contributed by atoms with Gasteiger partial charge >= 0.3 is 0 Å². The third kappa shape index (κ3) is 3.52. The van der Waals surface area contributed by atoms with Crippen molar-refractivity contribution < 1.29 is 22.7 Å². The molecule has 2 rings (SSSR count). The van der Waals surface area contributed by atoms with Crippen molar-refractivity contribution in [2.24, 2.45) is 5.14 Å². The summed E-state index contributed by atoms with van der Waals surface area (Å²) in [6, 6.07) is 4.02. The van der Waals surface area contributed by atoms with Crippen LogP contribution in [0.25, 0.3) is 0 Å². The van der Waals surface area contributed by atoms with Gasteiger partial charge in [-0.25, -0.2) is 13.6 Å². The quantitative estimate of drug-likeness (QED) is 0.828. The number of methoxy groups -OCH3 is 1. The Morgan fingerprint density at radius 1 is 1.48 bits per heavy atom. The maximum absolute atomic E-state index is 12.2. The second kappa shape index (κ2) is 6.00. The number of rotatable bonds is 4. The highest BCUT2D eigenvalue weighted by atomic mass is 32.2. The molecule has 1 amide bonds. The summed E-state index contributed by atoms with van der Waals surface area (Å²) in [7, 11) is -2.63. The highest BCUT2D eigenvalue weighted by molar-refractivity contribution is 7.89. The predicted octanol–water partition coefficient (Wildman–Crippen LogP) is 0.250. The number of carbonyl (C=O) groups is 1. The first kappa shape index (κ1) is 15.7. The van der Waals surface area contributed by atoms with E-state index in [1.165, 1.54) is 25.3 Å². The van der Waals surface area contributed by atoms with Crippen molar-refractivity contribution in [1.29, 1.82) is 0 Å². The van der Waals surface area contributed by atoms with E-state index in [9.17, 15) is 13.2 Å². The van der Waals surface area contributed by atoms with E-state index in [0.29, 0.717) is 6.61 Å². The van der Waals surface area contributed by atoms with E-state index < -0.39 is 10.0 Å². The van der Waals surface area contributed by atoms with E-state index in [2.05, 4.69) is 5.32 Å². The van der Waals surface area contributed by atoms with Crippen molar-refractivity contribution in [3.63, 3.8) is 0 Å². The predicted molar refractivity (Wildman–Crippen MR) is 75.7 cm³/mol. The average molecular weight is 314 g/mol. The fourth-order valence-electron chi connectivity index (χ4n) is 2.21. The fourth-order valence-corrected chi connectivity index (χ4v) is 2.94. The van der Waals surface area contributed by atoms with Crippen molar-refractivity contribution >= 4 is 15.9 Å². The van der Waals surface area contributed by atoms with Crippen LogP contribution in [0.1, 0.15) is 23.7 Å². The molecule has 1 aromatic carbocycles. The third-order valence-corrected chi connectivity index (χ3v) is 4.36. The SMILES string of the molecule is COc1ccc(C(=O)NC2CCOC2C)cc1S(N)(=O)=O. The van der Waals surface area contributed by atoms with Gasteiger partial charge in [-0.15, -0.1) is 0 Å². The topological polar surface area (TPSA) is 108 Å². The number of hydrogen-bond donors (Lipinski definition) is 2. The van der Waals surface area contributed by atoms with Gasteiger partial charge in [0.25, 0.3) is 5.91 Å². The summed E-state index contributed by atoms with van der Waals surface area (Å²) in [5.41, 5.74) is 0.207. The first-order valence-electron chi connectivity index (χ1n) is 6.46. The number of nitrogens with two attached hydrogens (primary N) is 1. The molecule has 7 nitrogen and oxygen atoms in total. The summed E-state index contributed by atoms with van der Waals surface area (Å²) in [5.74, 6) is -0.267. The van der Waals surface area contributed by atoms with Crippen LogP contribution in [-0.4, -0.2) is 40.2 Å². The van der Waals surface area contributed by atoms with Gasteiger partial charge in [0, 0.05) is 12.2 Å². The number of amides is 1. The van der Waals surface area contributed by atoms with Gasteiger partial charge in [0.05, 0.1) is 19.3 Å². The minimum absolute atomic E-state index is 0.0649. The summed E-state index contributed by atoms with van der Waals surface area (Å²) < 4.78 is 33.4. The van der Waals surface area contributed by atoms with Crippen molar-refractivity contribution in [2.75, 3.05) is 13.7 Å². The molecule has 0 aliphatic carbocycles. The molecule has 1 aliphatic rings. The van der Waals surface area contributed by atoms with Crippen LogP contribution in [0.2, 0.25) is 0 Å². The fraction of sp³-hybridized carbons (Fsp3) is 0.462. The number of hydrogen-bond acceptors (Lipinski definition) is 5. The van der Waals surface area contributed by atoms with Crippen LogP contribution in [0.15, 0.2) is 23.1 Å². The molecule has 0 aromatic heterocycles. The Morgan fingerprint density at radius 3 is 2.71 bits per heavy atom. The van der Waals surface area contributed by atoms with Crippen LogP contribution in [0.3, 0.4) is 0 Å². The van der Waals surface area contributed by atoms with Crippen LogP contribution in [0.4, 0.5) is 0 Å². The Balaban J connectivity index is 2.26. The summed E-state index contributed by atoms with van der Waals surface area (Å²) in [6.45, 7) is 2.47. The van der Waals surface area contributed by atoms with E-state index in [1.54, 1.807) is 0 Å². The zero-order chi connectivity index (χ0) is 15.6. The average Bonchev–Trinajstić information content (AvgIpc) is 2.82. The number of ether oxygens (including phenoxy) is 2. The number of benzene rings is 1. The van der Waals surface area contributed by atoms with Gasteiger partial charge in [0.2, 0.25) is 10.0 Å². The highest BCUT2D eigenvalue weighted by Gasteiger charge is 2.26. The maximum Gasteiger partial charge on any atom is 0.251 e. The van der Waals surface area contributed by atoms with E-state index in [0.717, 1.165) is 6.42 Å². The Morgan fingerprint density at radius 2 is 2.19 bits per heavy atom. The molecule has 3 N–H and O–H groups in total. The van der Waals surface area contributed by atoms with Gasteiger partial charge < -0.3 is 14.8 Å². The van der Waals surface area contributed by atoms with E-state index >= 15 is 0 Å². The molecular formula is C13H18N2O5S. The minimum Gasteiger partial charge on any atom is -0.495 e. The van der Waals surface area contributed by atoms with Gasteiger partial charge in [-0.05, 0) is 31.5 Å². The molecular weight excluding hydrogens is 296 g/mol. The molecule has 0 radical (unpaired) electrons. The molecule has 21 heavy (non-hydrogen) atoms. The van der Waals surface area contributed by atoms with Crippen LogP contribution in [0.5, 0.6) is 5.75 Å². The molecule has 1 aromatic rings. The number of primary sulfonamides is 1. The lowest BCUT2D eigenvalue weighted by Gasteiger charge is -2.16. The molecule has 1 aliphatic heterocycles. The van der Waals surface area contributed by atoms with E-state index in [-0.39, 0.29) is 34.3 Å². The van der Waals surface area contributed by atoms with Crippen molar-refractivity contribution in [3.05, 3.63) is 23.8 Å². The smallest absolute Gasteiger partial charge is 0.251 e. The normalized spacial score (nSPS) is 22.0. The van der Waals surface area contributed by atoms with E-state index in [4.69, 9.17) is 14.6 Å². The Bertz CT molecular complexity index is 644. The highest BCUT2D eigenvalue weighted by Crippen LogP contribution is 2.24. The molecule has 2 unspecified atom stereocenters. The molecule has 2 atom stereocenters. The second-order valence-corrected chi connectivity index (χ2v) is 6.39. The Labute approximate surface area is 123 Å². The number of nitrogens with one attached hydrogen (secondary N) is 1. The molecule has 116 valence electrons. The zero-order valence-electron chi connectivity index (χ0n) is 11.8. The molecule has 1 saturated heterocycles. The Kier molecular flexibility index (Phi) is 4.50. The van der Waals surface area contributed by atoms with Crippen LogP contribution < -0.4 is 15.2 Å². The van der Waals surface area contributed by atoms with Crippen molar-refractivity contribution in [2.45, 2.75) is 30.4 Å². The van der Waals surface area contributed by atoms with Gasteiger partial charge in [-0.2, -0.15) is 0 Å². The molecule has 0 spiro atoms. The monoisotopic (exact) mass is 314 g/mol. The largest absolute Gasteiger partial charge is 0.495 e. The molecule has 0 bridgehead atoms. The first-order chi connectivity index (χ1) is 9.82. The first-order valence-corrected chi connectivity index (χ1v) is 8.01. The molecule has 0 saturated carbocycles. The summed E-state index contributed by atoms with van der Waals surface area (Å²) in [4.78, 5) is 12.0. The zero-order valence-corrected chi connectivity index (χ0v) is 12.6. The van der Waals surface area contributed by atoms with Gasteiger partial charge in [0.15, 0.2) is 0 Å². The lowest BCUT2D eigenvalue weighted by molar-refractivity contribution is 0.0866. The summed E-state index contributed by atoms with van der Waals surface area (Å²) in [5, 5.41) is 7.95. The third-order valence-electron chi connectivity index (χ3n) is 3.43. The van der Waals surface area contributed by atoms with Crippen molar-refractivity contribution in [1.82, 2.24) is 5.32 Å². The van der Waals surface area contributed by atoms with E-state index in [1.807, 2.05) is 6.92 Å². The lowest BCUT2D eigenvalue weighted by atomic mass is 10.1. The second-order valence-electron chi connectivity index (χ2n) is 4.86. The van der Waals surface area contributed by atoms with Gasteiger partial charge in [0.1, 0.15) is 10.6 Å². The summed E-state index contributed by atoms with van der Waals surface area (Å²) in [6.07, 6.45) is 0.662. The molecule has 8 heteroatoms. The Hall–Kier alpha value is -1.64. The standard InChI is InChI=1S/C13H18N2O5S/c1-8-10(5-6-20-8)15-13(16)9-3-4-11(19-2)12(7-9)21(14,17)18/h3-4,7-8,10H,5-6H2,1-2H3,(H,15,16)(H2,14,17,18). The number of carbonyl (C=O) groups excluding carboxylic acids is 1.